The Morgan fingerprint density at radius 3 is 2.73 bits per heavy atom. The molecular formula is C21H17ClF3N5OS2. The molecule has 33 heavy (non-hydrogen) atoms. The van der Waals surface area contributed by atoms with Gasteiger partial charge in [0.15, 0.2) is 0 Å². The molecule has 12 heteroatoms. The first kappa shape index (κ1) is 22.5. The van der Waals surface area contributed by atoms with Gasteiger partial charge in [0, 0.05) is 43.5 Å². The first-order valence-electron chi connectivity index (χ1n) is 9.96. The molecule has 5 rings (SSSR count). The van der Waals surface area contributed by atoms with Gasteiger partial charge in [-0.2, -0.15) is 13.2 Å². The summed E-state index contributed by atoms with van der Waals surface area (Å²) in [6, 6.07) is 5.27. The number of halogens is 4. The number of alkyl halides is 3. The second-order valence-electron chi connectivity index (χ2n) is 7.66. The van der Waals surface area contributed by atoms with E-state index in [1.165, 1.54) is 11.8 Å². The lowest BCUT2D eigenvalue weighted by molar-refractivity contribution is -0.137. The van der Waals surface area contributed by atoms with Gasteiger partial charge in [-0.3, -0.25) is 4.79 Å². The van der Waals surface area contributed by atoms with Crippen molar-refractivity contribution in [3.05, 3.63) is 51.0 Å². The lowest BCUT2D eigenvalue weighted by Crippen LogP contribution is -2.26. The largest absolute Gasteiger partial charge is 0.420 e. The molecule has 0 saturated carbocycles. The van der Waals surface area contributed by atoms with Gasteiger partial charge in [-0.1, -0.05) is 11.6 Å². The summed E-state index contributed by atoms with van der Waals surface area (Å²) in [4.78, 5) is 23.7. The van der Waals surface area contributed by atoms with Crippen molar-refractivity contribution in [2.45, 2.75) is 24.2 Å². The van der Waals surface area contributed by atoms with Gasteiger partial charge in [0.1, 0.15) is 10.4 Å². The second-order valence-corrected chi connectivity index (χ2v) is 10.3. The molecule has 3 aromatic rings. The topological polar surface area (TPSA) is 70.2 Å². The normalized spacial score (nSPS) is 15.9. The molecule has 0 aliphatic carbocycles. The fourth-order valence-electron chi connectivity index (χ4n) is 3.69. The number of nitrogens with zero attached hydrogens (tertiary/aromatic N) is 3. The van der Waals surface area contributed by atoms with Crippen LogP contribution in [0.1, 0.15) is 26.4 Å². The number of anilines is 2. The molecule has 2 aromatic heterocycles. The van der Waals surface area contributed by atoms with E-state index in [-0.39, 0.29) is 22.4 Å². The van der Waals surface area contributed by atoms with E-state index in [1.54, 1.807) is 18.0 Å². The van der Waals surface area contributed by atoms with Crippen LogP contribution >= 0.6 is 34.7 Å². The lowest BCUT2D eigenvalue weighted by Gasteiger charge is -2.14. The minimum absolute atomic E-state index is 0.00880. The Balaban J connectivity index is 1.56. The number of amides is 1. The van der Waals surface area contributed by atoms with Crippen LogP contribution in [0.15, 0.2) is 29.3 Å². The van der Waals surface area contributed by atoms with Gasteiger partial charge >= 0.3 is 6.18 Å². The van der Waals surface area contributed by atoms with Crippen LogP contribution < -0.4 is 10.6 Å². The number of fused-ring (bicyclic) bond motifs is 2. The van der Waals surface area contributed by atoms with Crippen LogP contribution in [0.2, 0.25) is 5.02 Å². The van der Waals surface area contributed by atoms with Crippen molar-refractivity contribution in [1.82, 2.24) is 20.2 Å². The molecule has 172 valence electrons. The Hall–Kier alpha value is -2.34. The Morgan fingerprint density at radius 1 is 1.21 bits per heavy atom. The smallest absolute Gasteiger partial charge is 0.340 e. The van der Waals surface area contributed by atoms with Crippen molar-refractivity contribution in [1.29, 1.82) is 0 Å². The zero-order valence-corrected chi connectivity index (χ0v) is 19.6. The number of thioether (sulfide) groups is 1. The molecule has 0 fully saturated rings. The minimum Gasteiger partial charge on any atom is -0.340 e. The highest BCUT2D eigenvalue weighted by molar-refractivity contribution is 7.99. The molecule has 0 radical (unpaired) electrons. The maximum atomic E-state index is 13.8. The second kappa shape index (κ2) is 8.46. The first-order valence-corrected chi connectivity index (χ1v) is 12.1. The Morgan fingerprint density at radius 2 is 1.97 bits per heavy atom. The number of nitrogens with one attached hydrogen (secondary N) is 2. The third kappa shape index (κ3) is 4.30. The summed E-state index contributed by atoms with van der Waals surface area (Å²) in [5.74, 6) is 0.455. The standard InChI is InChI=1S/C21H17ClF3N5OS2/c1-30-2-3-32-16-6-15(33-18(16)19(30)31)17-12(21(23,24)25)9-27-20(29-17)28-14-5-11-8-26-7-10(11)4-13(14)22/h4-6,9,26H,2-3,7-8H2,1H3,(H,27,28,29). The van der Waals surface area contributed by atoms with Gasteiger partial charge in [0.2, 0.25) is 5.95 Å². The van der Waals surface area contributed by atoms with Crippen LogP contribution in [-0.2, 0) is 19.3 Å². The van der Waals surface area contributed by atoms with Crippen molar-refractivity contribution in [3.63, 3.8) is 0 Å². The van der Waals surface area contributed by atoms with Crippen molar-refractivity contribution < 1.29 is 18.0 Å². The number of rotatable bonds is 3. The molecule has 0 unspecified atom stereocenters. The third-order valence-corrected chi connectivity index (χ3v) is 8.01. The number of carbonyl (C=O) groups is 1. The Bertz CT molecular complexity index is 1260. The summed E-state index contributed by atoms with van der Waals surface area (Å²) in [5.41, 5.74) is 1.41. The van der Waals surface area contributed by atoms with E-state index in [9.17, 15) is 18.0 Å². The fraction of sp³-hybridized carbons (Fsp3) is 0.286. The number of hydrogen-bond donors (Lipinski definition) is 2. The van der Waals surface area contributed by atoms with Gasteiger partial charge < -0.3 is 15.5 Å². The molecule has 1 amide bonds. The van der Waals surface area contributed by atoms with Gasteiger partial charge in [-0.15, -0.1) is 23.1 Å². The highest BCUT2D eigenvalue weighted by Crippen LogP contribution is 2.43. The molecule has 4 heterocycles. The SMILES string of the molecule is CN1CCSc2cc(-c3nc(Nc4cc5c(cc4Cl)CNC5)ncc3C(F)(F)F)sc2C1=O. The Labute approximate surface area is 200 Å². The van der Waals surface area contributed by atoms with E-state index in [1.807, 2.05) is 12.1 Å². The summed E-state index contributed by atoms with van der Waals surface area (Å²) in [5, 5.41) is 6.60. The number of hydrogen-bond acceptors (Lipinski definition) is 7. The van der Waals surface area contributed by atoms with E-state index < -0.39 is 11.7 Å². The molecule has 2 N–H and O–H groups in total. The van der Waals surface area contributed by atoms with E-state index >= 15 is 0 Å². The lowest BCUT2D eigenvalue weighted by atomic mass is 10.1. The van der Waals surface area contributed by atoms with Crippen LogP contribution in [0.3, 0.4) is 0 Å². The summed E-state index contributed by atoms with van der Waals surface area (Å²) in [6.45, 7) is 1.97. The van der Waals surface area contributed by atoms with Crippen molar-refractivity contribution in [3.8, 4) is 10.6 Å². The van der Waals surface area contributed by atoms with Crippen LogP contribution in [0.5, 0.6) is 0 Å². The van der Waals surface area contributed by atoms with Crippen molar-refractivity contribution in [2.24, 2.45) is 0 Å². The van der Waals surface area contributed by atoms with E-state index in [0.29, 0.717) is 45.9 Å². The van der Waals surface area contributed by atoms with Gasteiger partial charge in [0.05, 0.1) is 21.3 Å². The summed E-state index contributed by atoms with van der Waals surface area (Å²) in [7, 11) is 1.68. The zero-order valence-electron chi connectivity index (χ0n) is 17.2. The fourth-order valence-corrected chi connectivity index (χ4v) is 6.35. The summed E-state index contributed by atoms with van der Waals surface area (Å²) >= 11 is 8.83. The zero-order chi connectivity index (χ0) is 23.3. The molecular weight excluding hydrogens is 495 g/mol. The first-order chi connectivity index (χ1) is 15.7. The molecule has 0 bridgehead atoms. The quantitative estimate of drug-likeness (QED) is 0.490. The average Bonchev–Trinajstić information content (AvgIpc) is 3.36. The van der Waals surface area contributed by atoms with E-state index in [2.05, 4.69) is 20.6 Å². The molecule has 2 aliphatic rings. The monoisotopic (exact) mass is 511 g/mol. The van der Waals surface area contributed by atoms with Crippen LogP contribution in [-0.4, -0.2) is 40.1 Å². The van der Waals surface area contributed by atoms with Crippen molar-refractivity contribution in [2.75, 3.05) is 24.7 Å². The summed E-state index contributed by atoms with van der Waals surface area (Å²) < 4.78 is 41.4. The molecule has 0 saturated heterocycles. The maximum Gasteiger partial charge on any atom is 0.420 e. The number of thiophene rings is 1. The van der Waals surface area contributed by atoms with Gasteiger partial charge in [-0.25, -0.2) is 9.97 Å². The maximum absolute atomic E-state index is 13.8. The number of aromatic nitrogens is 2. The van der Waals surface area contributed by atoms with E-state index in [0.717, 1.165) is 28.7 Å². The highest BCUT2D eigenvalue weighted by atomic mass is 35.5. The number of carbonyl (C=O) groups excluding carboxylic acids is 1. The number of benzene rings is 1. The molecule has 1 aromatic carbocycles. The molecule has 0 atom stereocenters. The predicted molar refractivity (Wildman–Crippen MR) is 123 cm³/mol. The van der Waals surface area contributed by atoms with Gasteiger partial charge in [-0.05, 0) is 29.3 Å². The summed E-state index contributed by atoms with van der Waals surface area (Å²) in [6.07, 6.45) is -3.89. The van der Waals surface area contributed by atoms with Crippen LogP contribution in [0.25, 0.3) is 10.6 Å². The molecule has 6 nitrogen and oxygen atoms in total. The molecule has 0 spiro atoms. The van der Waals surface area contributed by atoms with Crippen molar-refractivity contribution >= 4 is 52.2 Å². The Kier molecular flexibility index (Phi) is 5.76. The predicted octanol–water partition coefficient (Wildman–Crippen LogP) is 5.40. The van der Waals surface area contributed by atoms with Crippen LogP contribution in [0, 0.1) is 0 Å². The van der Waals surface area contributed by atoms with E-state index in [4.69, 9.17) is 11.6 Å². The average molecular weight is 512 g/mol. The molecule has 2 aliphatic heterocycles. The van der Waals surface area contributed by atoms with Crippen LogP contribution in [0.4, 0.5) is 24.8 Å². The minimum atomic E-state index is -4.65. The third-order valence-electron chi connectivity index (χ3n) is 5.42. The van der Waals surface area contributed by atoms with Gasteiger partial charge in [0.25, 0.3) is 5.91 Å². The highest BCUT2D eigenvalue weighted by Gasteiger charge is 2.37.